The van der Waals surface area contributed by atoms with Crippen LogP contribution in [0.1, 0.15) is 37.9 Å². The van der Waals surface area contributed by atoms with Gasteiger partial charge in [-0.15, -0.1) is 0 Å². The third-order valence-electron chi connectivity index (χ3n) is 4.77. The Balaban J connectivity index is 1.66. The number of amides is 1. The minimum atomic E-state index is -0.0555. The molecule has 1 aromatic rings. The number of fused-ring (bicyclic) bond motifs is 2. The van der Waals surface area contributed by atoms with Crippen LogP contribution >= 0.6 is 0 Å². The number of carbonyl (C=O) groups excluding carboxylic acids is 1. The number of nitrogens with two attached hydrogens (primary N) is 1. The van der Waals surface area contributed by atoms with Gasteiger partial charge in [0.25, 0.3) is 0 Å². The van der Waals surface area contributed by atoms with Crippen molar-refractivity contribution in [1.29, 1.82) is 0 Å². The lowest BCUT2D eigenvalue weighted by Crippen LogP contribution is -2.45. The van der Waals surface area contributed by atoms with Gasteiger partial charge in [0.2, 0.25) is 5.91 Å². The van der Waals surface area contributed by atoms with Gasteiger partial charge in [-0.05, 0) is 50.2 Å². The Morgan fingerprint density at radius 2 is 2.21 bits per heavy atom. The molecule has 4 nitrogen and oxygen atoms in total. The standard InChI is InChI=1S/C15H21N3O/c1-9(12-4-2-3-7-17-12)18-15(19)13-10-5-6-11(8-10)14(13)16/h2-4,7,9-11,13-14H,5-6,8,16H2,1H3,(H,18,19). The van der Waals surface area contributed by atoms with Gasteiger partial charge in [0.1, 0.15) is 0 Å². The molecule has 0 aliphatic heterocycles. The maximum Gasteiger partial charge on any atom is 0.225 e. The maximum absolute atomic E-state index is 12.4. The van der Waals surface area contributed by atoms with E-state index in [0.29, 0.717) is 11.8 Å². The molecule has 1 amide bonds. The zero-order valence-electron chi connectivity index (χ0n) is 11.3. The molecule has 0 radical (unpaired) electrons. The van der Waals surface area contributed by atoms with E-state index in [1.54, 1.807) is 6.20 Å². The van der Waals surface area contributed by atoms with Crippen LogP contribution in [0.4, 0.5) is 0 Å². The lowest BCUT2D eigenvalue weighted by atomic mass is 9.84. The lowest BCUT2D eigenvalue weighted by molar-refractivity contribution is -0.127. The number of aromatic nitrogens is 1. The van der Waals surface area contributed by atoms with Crippen LogP contribution in [0.25, 0.3) is 0 Å². The van der Waals surface area contributed by atoms with Gasteiger partial charge >= 0.3 is 0 Å². The highest BCUT2D eigenvalue weighted by Crippen LogP contribution is 2.47. The van der Waals surface area contributed by atoms with Crippen LogP contribution in [-0.4, -0.2) is 16.9 Å². The van der Waals surface area contributed by atoms with Gasteiger partial charge in [0.05, 0.1) is 17.7 Å². The molecule has 2 aliphatic rings. The number of pyridine rings is 1. The molecule has 3 N–H and O–H groups in total. The van der Waals surface area contributed by atoms with Crippen LogP contribution in [0.15, 0.2) is 24.4 Å². The predicted octanol–water partition coefficient (Wildman–Crippen LogP) is 1.63. The molecule has 1 heterocycles. The van der Waals surface area contributed by atoms with Gasteiger partial charge in [-0.3, -0.25) is 9.78 Å². The summed E-state index contributed by atoms with van der Waals surface area (Å²) in [6, 6.07) is 5.75. The molecule has 5 unspecified atom stereocenters. The van der Waals surface area contributed by atoms with Gasteiger partial charge in [-0.1, -0.05) is 6.07 Å². The fourth-order valence-electron chi connectivity index (χ4n) is 3.74. The summed E-state index contributed by atoms with van der Waals surface area (Å²) in [6.45, 7) is 1.97. The van der Waals surface area contributed by atoms with E-state index in [2.05, 4.69) is 10.3 Å². The summed E-state index contributed by atoms with van der Waals surface area (Å²) in [5.41, 5.74) is 7.10. The smallest absolute Gasteiger partial charge is 0.225 e. The first-order valence-electron chi connectivity index (χ1n) is 7.13. The minimum absolute atomic E-state index is 0.00455. The van der Waals surface area contributed by atoms with Gasteiger partial charge in [-0.25, -0.2) is 0 Å². The summed E-state index contributed by atoms with van der Waals surface area (Å²) in [6.07, 6.45) is 5.25. The van der Waals surface area contributed by atoms with Crippen molar-refractivity contribution in [1.82, 2.24) is 10.3 Å². The first kappa shape index (κ1) is 12.6. The number of hydrogen-bond donors (Lipinski definition) is 2. The average molecular weight is 259 g/mol. The second kappa shape index (κ2) is 4.93. The summed E-state index contributed by atoms with van der Waals surface area (Å²) >= 11 is 0. The number of rotatable bonds is 3. The van der Waals surface area contributed by atoms with Crippen molar-refractivity contribution >= 4 is 5.91 Å². The quantitative estimate of drug-likeness (QED) is 0.867. The second-order valence-corrected chi connectivity index (χ2v) is 5.92. The molecule has 2 fully saturated rings. The van der Waals surface area contributed by atoms with Crippen LogP contribution in [0.2, 0.25) is 0 Å². The van der Waals surface area contributed by atoms with Crippen molar-refractivity contribution in [2.75, 3.05) is 0 Å². The van der Waals surface area contributed by atoms with E-state index < -0.39 is 0 Å². The van der Waals surface area contributed by atoms with E-state index in [1.807, 2.05) is 25.1 Å². The summed E-state index contributed by atoms with van der Waals surface area (Å²) in [7, 11) is 0. The lowest BCUT2D eigenvalue weighted by Gasteiger charge is -2.28. The predicted molar refractivity (Wildman–Crippen MR) is 73.1 cm³/mol. The number of nitrogens with one attached hydrogen (secondary N) is 1. The number of carbonyl (C=O) groups is 1. The third kappa shape index (κ3) is 2.25. The highest BCUT2D eigenvalue weighted by molar-refractivity contribution is 5.80. The van der Waals surface area contributed by atoms with E-state index in [0.717, 1.165) is 18.5 Å². The Hall–Kier alpha value is -1.42. The summed E-state index contributed by atoms with van der Waals surface area (Å²) < 4.78 is 0. The van der Waals surface area contributed by atoms with Crippen LogP contribution in [0, 0.1) is 17.8 Å². The highest BCUT2D eigenvalue weighted by Gasteiger charge is 2.49. The van der Waals surface area contributed by atoms with Crippen LogP contribution in [0.5, 0.6) is 0 Å². The molecule has 102 valence electrons. The molecule has 19 heavy (non-hydrogen) atoms. The topological polar surface area (TPSA) is 68.0 Å². The fraction of sp³-hybridized carbons (Fsp3) is 0.600. The van der Waals surface area contributed by atoms with Crippen LogP contribution in [-0.2, 0) is 4.79 Å². The van der Waals surface area contributed by atoms with E-state index in [-0.39, 0.29) is 23.9 Å². The molecular formula is C15H21N3O. The summed E-state index contributed by atoms with van der Waals surface area (Å²) in [5, 5.41) is 3.07. The Bertz CT molecular complexity index is 460. The second-order valence-electron chi connectivity index (χ2n) is 5.92. The molecule has 0 spiro atoms. The van der Waals surface area contributed by atoms with E-state index >= 15 is 0 Å². The Labute approximate surface area is 113 Å². The fourth-order valence-corrected chi connectivity index (χ4v) is 3.74. The van der Waals surface area contributed by atoms with E-state index in [9.17, 15) is 4.79 Å². The Kier molecular flexibility index (Phi) is 3.27. The zero-order chi connectivity index (χ0) is 13.4. The third-order valence-corrected chi connectivity index (χ3v) is 4.77. The molecule has 2 aliphatic carbocycles. The van der Waals surface area contributed by atoms with Crippen molar-refractivity contribution in [3.63, 3.8) is 0 Å². The molecule has 0 saturated heterocycles. The van der Waals surface area contributed by atoms with Crippen molar-refractivity contribution in [3.05, 3.63) is 30.1 Å². The minimum Gasteiger partial charge on any atom is -0.348 e. The first-order chi connectivity index (χ1) is 9.16. The van der Waals surface area contributed by atoms with Gasteiger partial charge in [0, 0.05) is 12.2 Å². The zero-order valence-corrected chi connectivity index (χ0v) is 11.3. The molecule has 0 aromatic carbocycles. The highest BCUT2D eigenvalue weighted by atomic mass is 16.2. The van der Waals surface area contributed by atoms with Crippen molar-refractivity contribution in [2.45, 2.75) is 38.3 Å². The number of hydrogen-bond acceptors (Lipinski definition) is 3. The summed E-state index contributed by atoms with van der Waals surface area (Å²) in [5.74, 6) is 1.17. The largest absolute Gasteiger partial charge is 0.348 e. The van der Waals surface area contributed by atoms with Crippen molar-refractivity contribution in [3.8, 4) is 0 Å². The summed E-state index contributed by atoms with van der Waals surface area (Å²) in [4.78, 5) is 16.7. The normalized spacial score (nSPS) is 34.2. The van der Waals surface area contributed by atoms with Crippen molar-refractivity contribution < 1.29 is 4.79 Å². The number of nitrogens with zero attached hydrogens (tertiary/aromatic N) is 1. The SMILES string of the molecule is CC(NC(=O)C1C2CCC(C2)C1N)c1ccccn1. The van der Waals surface area contributed by atoms with Crippen LogP contribution in [0.3, 0.4) is 0 Å². The molecule has 4 heteroatoms. The van der Waals surface area contributed by atoms with Crippen LogP contribution < -0.4 is 11.1 Å². The maximum atomic E-state index is 12.4. The van der Waals surface area contributed by atoms with E-state index in [1.165, 1.54) is 6.42 Å². The first-order valence-corrected chi connectivity index (χ1v) is 7.13. The monoisotopic (exact) mass is 259 g/mol. The van der Waals surface area contributed by atoms with Gasteiger partial charge in [0.15, 0.2) is 0 Å². The van der Waals surface area contributed by atoms with Gasteiger partial charge in [-0.2, -0.15) is 0 Å². The van der Waals surface area contributed by atoms with Gasteiger partial charge < -0.3 is 11.1 Å². The van der Waals surface area contributed by atoms with E-state index in [4.69, 9.17) is 5.73 Å². The molecule has 1 aromatic heterocycles. The Morgan fingerprint density at radius 1 is 1.42 bits per heavy atom. The average Bonchev–Trinajstić information content (AvgIpc) is 3.00. The molecule has 5 atom stereocenters. The molecule has 2 bridgehead atoms. The Morgan fingerprint density at radius 3 is 2.84 bits per heavy atom. The molecular weight excluding hydrogens is 238 g/mol. The molecule has 2 saturated carbocycles. The molecule has 3 rings (SSSR count). The van der Waals surface area contributed by atoms with Crippen molar-refractivity contribution in [2.24, 2.45) is 23.5 Å².